The van der Waals surface area contributed by atoms with Gasteiger partial charge in [-0.05, 0) is 23.8 Å². The molecular weight excluding hydrogens is 370 g/mol. The summed E-state index contributed by atoms with van der Waals surface area (Å²) in [5.74, 6) is 0.0705. The summed E-state index contributed by atoms with van der Waals surface area (Å²) >= 11 is 0. The Hall–Kier alpha value is -4.00. The molecule has 1 atom stereocenters. The molecule has 0 saturated carbocycles. The molecule has 0 aliphatic carbocycles. The smallest absolute Gasteiger partial charge is 0.416 e. The number of esters is 1. The lowest BCUT2D eigenvalue weighted by Crippen LogP contribution is -2.29. The van der Waals surface area contributed by atoms with E-state index in [9.17, 15) is 9.59 Å². The van der Waals surface area contributed by atoms with Crippen molar-refractivity contribution in [3.63, 3.8) is 0 Å². The Bertz CT molecular complexity index is 1040. The summed E-state index contributed by atoms with van der Waals surface area (Å²) in [5.41, 5.74) is 1.36. The van der Waals surface area contributed by atoms with Gasteiger partial charge in [0.2, 0.25) is 0 Å². The van der Waals surface area contributed by atoms with Gasteiger partial charge in [-0.1, -0.05) is 48.5 Å². The maximum atomic E-state index is 12.4. The van der Waals surface area contributed by atoms with Crippen molar-refractivity contribution in [1.82, 2.24) is 9.97 Å². The number of benzene rings is 2. The number of rotatable bonds is 5. The third-order valence-electron chi connectivity index (χ3n) is 4.30. The second kappa shape index (κ2) is 8.35. The SMILES string of the molecule is O=C(/[C]=C/c1cncnc1N1C(=O)OC[C@H]1c1ccccc1)Oc1ccccc1. The fraction of sp³-hybridized carbons (Fsp3) is 0.0909. The lowest BCUT2D eigenvalue weighted by molar-refractivity contribution is -0.129. The maximum Gasteiger partial charge on any atom is 0.416 e. The third kappa shape index (κ3) is 4.14. The van der Waals surface area contributed by atoms with Crippen LogP contribution in [0.15, 0.2) is 73.2 Å². The largest absolute Gasteiger partial charge is 0.447 e. The quantitative estimate of drug-likeness (QED) is 0.379. The van der Waals surface area contributed by atoms with Crippen molar-refractivity contribution in [1.29, 1.82) is 0 Å². The first-order valence-electron chi connectivity index (χ1n) is 8.90. The van der Waals surface area contributed by atoms with Gasteiger partial charge in [0, 0.05) is 11.8 Å². The van der Waals surface area contributed by atoms with E-state index in [1.165, 1.54) is 23.5 Å². The molecule has 1 aromatic heterocycles. The second-order valence-electron chi connectivity index (χ2n) is 6.17. The van der Waals surface area contributed by atoms with Gasteiger partial charge < -0.3 is 9.47 Å². The molecule has 1 radical (unpaired) electrons. The first-order chi connectivity index (χ1) is 14.2. The van der Waals surface area contributed by atoms with Crippen LogP contribution < -0.4 is 9.64 Å². The Kier molecular flexibility index (Phi) is 5.29. The minimum absolute atomic E-state index is 0.204. The molecule has 4 rings (SSSR count). The average Bonchev–Trinajstić information content (AvgIpc) is 3.15. The summed E-state index contributed by atoms with van der Waals surface area (Å²) in [6.45, 7) is 0.204. The molecule has 0 spiro atoms. The van der Waals surface area contributed by atoms with Crippen molar-refractivity contribution in [2.45, 2.75) is 6.04 Å². The number of hydrogen-bond donors (Lipinski definition) is 0. The van der Waals surface area contributed by atoms with E-state index >= 15 is 0 Å². The summed E-state index contributed by atoms with van der Waals surface area (Å²) in [4.78, 5) is 34.1. The Labute approximate surface area is 167 Å². The van der Waals surface area contributed by atoms with Crippen molar-refractivity contribution in [2.75, 3.05) is 11.5 Å². The van der Waals surface area contributed by atoms with Crippen LogP contribution in [0.4, 0.5) is 10.6 Å². The van der Waals surface area contributed by atoms with Gasteiger partial charge in [0.25, 0.3) is 0 Å². The van der Waals surface area contributed by atoms with E-state index in [4.69, 9.17) is 9.47 Å². The van der Waals surface area contributed by atoms with E-state index in [0.29, 0.717) is 17.1 Å². The van der Waals surface area contributed by atoms with Crippen molar-refractivity contribution in [3.05, 3.63) is 90.4 Å². The minimum atomic E-state index is -0.672. The third-order valence-corrected chi connectivity index (χ3v) is 4.30. The van der Waals surface area contributed by atoms with E-state index in [0.717, 1.165) is 5.56 Å². The van der Waals surface area contributed by atoms with Gasteiger partial charge >= 0.3 is 12.1 Å². The summed E-state index contributed by atoms with van der Waals surface area (Å²) in [5, 5.41) is 0. The van der Waals surface area contributed by atoms with Crippen molar-refractivity contribution in [2.24, 2.45) is 0 Å². The van der Waals surface area contributed by atoms with Crippen LogP contribution in [-0.4, -0.2) is 28.6 Å². The van der Waals surface area contributed by atoms with E-state index in [-0.39, 0.29) is 12.6 Å². The molecule has 143 valence electrons. The highest BCUT2D eigenvalue weighted by molar-refractivity contribution is 5.93. The standard InChI is InChI=1S/C22H16N3O4/c26-20(29-18-9-5-2-6-10-18)12-11-17-13-23-15-24-21(17)25-19(14-28-22(25)27)16-7-3-1-4-8-16/h1-11,13,15,19H,14H2/t19-/m0/s1. The van der Waals surface area contributed by atoms with Gasteiger partial charge in [0.15, 0.2) is 0 Å². The lowest BCUT2D eigenvalue weighted by Gasteiger charge is -2.21. The minimum Gasteiger partial charge on any atom is -0.447 e. The predicted octanol–water partition coefficient (Wildman–Crippen LogP) is 3.60. The monoisotopic (exact) mass is 386 g/mol. The Morgan fingerprint density at radius 2 is 1.86 bits per heavy atom. The highest BCUT2D eigenvalue weighted by Gasteiger charge is 2.37. The Morgan fingerprint density at radius 3 is 2.62 bits per heavy atom. The van der Waals surface area contributed by atoms with Gasteiger partial charge in [-0.2, -0.15) is 0 Å². The molecule has 1 fully saturated rings. The number of hydrogen-bond acceptors (Lipinski definition) is 6. The predicted molar refractivity (Wildman–Crippen MR) is 105 cm³/mol. The molecule has 1 aliphatic heterocycles. The Balaban J connectivity index is 1.59. The average molecular weight is 386 g/mol. The number of amides is 1. The topological polar surface area (TPSA) is 81.6 Å². The fourth-order valence-corrected chi connectivity index (χ4v) is 2.97. The van der Waals surface area contributed by atoms with Gasteiger partial charge in [0.1, 0.15) is 30.5 Å². The number of anilines is 1. The van der Waals surface area contributed by atoms with Gasteiger partial charge in [-0.3, -0.25) is 0 Å². The van der Waals surface area contributed by atoms with Crippen LogP contribution in [-0.2, 0) is 9.53 Å². The number of aromatic nitrogens is 2. The van der Waals surface area contributed by atoms with Crippen LogP contribution in [0, 0.1) is 6.08 Å². The van der Waals surface area contributed by atoms with Crippen LogP contribution >= 0.6 is 0 Å². The molecule has 0 N–H and O–H groups in total. The molecule has 3 aromatic rings. The maximum absolute atomic E-state index is 12.4. The molecule has 0 bridgehead atoms. The summed E-state index contributed by atoms with van der Waals surface area (Å²) in [7, 11) is 0. The van der Waals surface area contributed by atoms with E-state index in [2.05, 4.69) is 16.0 Å². The summed E-state index contributed by atoms with van der Waals surface area (Å²) < 4.78 is 10.4. The second-order valence-corrected chi connectivity index (χ2v) is 6.17. The first kappa shape index (κ1) is 18.4. The van der Waals surface area contributed by atoms with Crippen molar-refractivity contribution >= 4 is 24.0 Å². The van der Waals surface area contributed by atoms with Crippen LogP contribution in [0.2, 0.25) is 0 Å². The summed E-state index contributed by atoms with van der Waals surface area (Å²) in [6.07, 6.45) is 6.25. The number of cyclic esters (lactones) is 1. The molecular formula is C22H16N3O4. The highest BCUT2D eigenvalue weighted by atomic mass is 16.6. The van der Waals surface area contributed by atoms with Gasteiger partial charge in [-0.15, -0.1) is 0 Å². The van der Waals surface area contributed by atoms with Crippen LogP contribution in [0.25, 0.3) is 6.08 Å². The highest BCUT2D eigenvalue weighted by Crippen LogP contribution is 2.33. The van der Waals surface area contributed by atoms with Crippen LogP contribution in [0.1, 0.15) is 17.2 Å². The Morgan fingerprint density at radius 1 is 1.14 bits per heavy atom. The number of ether oxygens (including phenoxy) is 2. The normalized spacial score (nSPS) is 16.1. The molecule has 0 unspecified atom stereocenters. The van der Waals surface area contributed by atoms with E-state index in [1.54, 1.807) is 24.3 Å². The first-order valence-corrected chi connectivity index (χ1v) is 8.90. The van der Waals surface area contributed by atoms with Crippen LogP contribution in [0.5, 0.6) is 5.75 Å². The van der Waals surface area contributed by atoms with Gasteiger partial charge in [-0.25, -0.2) is 24.5 Å². The molecule has 2 aromatic carbocycles. The zero-order valence-electron chi connectivity index (χ0n) is 15.3. The molecule has 7 nitrogen and oxygen atoms in total. The number of carbonyl (C=O) groups excluding carboxylic acids is 2. The molecule has 1 aliphatic rings. The van der Waals surface area contributed by atoms with Crippen molar-refractivity contribution in [3.8, 4) is 5.75 Å². The molecule has 1 amide bonds. The zero-order valence-corrected chi connectivity index (χ0v) is 15.3. The molecule has 1 saturated heterocycles. The number of nitrogens with zero attached hydrogens (tertiary/aromatic N) is 3. The molecule has 2 heterocycles. The lowest BCUT2D eigenvalue weighted by atomic mass is 10.1. The molecule has 29 heavy (non-hydrogen) atoms. The van der Waals surface area contributed by atoms with Crippen molar-refractivity contribution < 1.29 is 19.1 Å². The van der Waals surface area contributed by atoms with Crippen LogP contribution in [0.3, 0.4) is 0 Å². The number of para-hydroxylation sites is 1. The van der Waals surface area contributed by atoms with E-state index < -0.39 is 12.1 Å². The number of carbonyl (C=O) groups is 2. The summed E-state index contributed by atoms with van der Waals surface area (Å²) in [6, 6.07) is 17.9. The fourth-order valence-electron chi connectivity index (χ4n) is 2.97. The molecule has 7 heteroatoms. The zero-order chi connectivity index (χ0) is 20.1. The van der Waals surface area contributed by atoms with Gasteiger partial charge in [0.05, 0.1) is 6.08 Å². The van der Waals surface area contributed by atoms with E-state index in [1.807, 2.05) is 36.4 Å².